The lowest BCUT2D eigenvalue weighted by Gasteiger charge is -2.10. The third-order valence-corrected chi connectivity index (χ3v) is 3.07. The van der Waals surface area contributed by atoms with Crippen molar-refractivity contribution in [1.82, 2.24) is 0 Å². The second kappa shape index (κ2) is 4.35. The summed E-state index contributed by atoms with van der Waals surface area (Å²) in [6, 6.07) is 6.24. The van der Waals surface area contributed by atoms with E-state index >= 15 is 0 Å². The van der Waals surface area contributed by atoms with Crippen molar-refractivity contribution in [1.29, 1.82) is 0 Å². The SMILES string of the molecule is CCc1cc(Br)ccc1OCC1CC1. The summed E-state index contributed by atoms with van der Waals surface area (Å²) < 4.78 is 6.92. The predicted molar refractivity (Wildman–Crippen MR) is 61.7 cm³/mol. The molecule has 0 radical (unpaired) electrons. The van der Waals surface area contributed by atoms with Crippen LogP contribution in [0, 0.1) is 5.92 Å². The van der Waals surface area contributed by atoms with Crippen molar-refractivity contribution >= 4 is 15.9 Å². The first-order chi connectivity index (χ1) is 6.79. The van der Waals surface area contributed by atoms with Gasteiger partial charge >= 0.3 is 0 Å². The lowest BCUT2D eigenvalue weighted by atomic mass is 10.1. The zero-order chi connectivity index (χ0) is 9.97. The van der Waals surface area contributed by atoms with Crippen LogP contribution in [0.3, 0.4) is 0 Å². The molecule has 1 aromatic carbocycles. The molecule has 0 aromatic heterocycles. The zero-order valence-corrected chi connectivity index (χ0v) is 10.0. The monoisotopic (exact) mass is 254 g/mol. The van der Waals surface area contributed by atoms with Gasteiger partial charge in [0.05, 0.1) is 6.61 Å². The summed E-state index contributed by atoms with van der Waals surface area (Å²) in [6.07, 6.45) is 3.72. The van der Waals surface area contributed by atoms with Crippen molar-refractivity contribution in [2.45, 2.75) is 26.2 Å². The van der Waals surface area contributed by atoms with E-state index in [1.54, 1.807) is 0 Å². The highest BCUT2D eigenvalue weighted by molar-refractivity contribution is 9.10. The molecule has 0 spiro atoms. The molecule has 0 unspecified atom stereocenters. The summed E-state index contributed by atoms with van der Waals surface area (Å²) >= 11 is 3.47. The van der Waals surface area contributed by atoms with Gasteiger partial charge in [0.2, 0.25) is 0 Å². The van der Waals surface area contributed by atoms with Crippen LogP contribution in [0.25, 0.3) is 0 Å². The van der Waals surface area contributed by atoms with E-state index in [4.69, 9.17) is 4.74 Å². The molecule has 1 aliphatic carbocycles. The maximum Gasteiger partial charge on any atom is 0.122 e. The van der Waals surface area contributed by atoms with Gasteiger partial charge in [-0.05, 0) is 48.9 Å². The Morgan fingerprint density at radius 3 is 2.86 bits per heavy atom. The van der Waals surface area contributed by atoms with E-state index in [1.165, 1.54) is 18.4 Å². The van der Waals surface area contributed by atoms with E-state index in [2.05, 4.69) is 35.0 Å². The molecule has 0 amide bonds. The Labute approximate surface area is 93.6 Å². The van der Waals surface area contributed by atoms with Gasteiger partial charge in [0.15, 0.2) is 0 Å². The van der Waals surface area contributed by atoms with Crippen LogP contribution in [0.1, 0.15) is 25.3 Å². The molecule has 14 heavy (non-hydrogen) atoms. The molecule has 1 nitrogen and oxygen atoms in total. The summed E-state index contributed by atoms with van der Waals surface area (Å²) in [6.45, 7) is 3.06. The van der Waals surface area contributed by atoms with Crippen LogP contribution < -0.4 is 4.74 Å². The standard InChI is InChI=1S/C12H15BrO/c1-2-10-7-11(13)5-6-12(10)14-8-9-3-4-9/h5-7,9H,2-4,8H2,1H3. The van der Waals surface area contributed by atoms with E-state index in [9.17, 15) is 0 Å². The first-order valence-electron chi connectivity index (χ1n) is 5.21. The van der Waals surface area contributed by atoms with E-state index < -0.39 is 0 Å². The number of ether oxygens (including phenoxy) is 1. The molecule has 1 saturated carbocycles. The Hall–Kier alpha value is -0.500. The van der Waals surface area contributed by atoms with Crippen molar-refractivity contribution in [3.8, 4) is 5.75 Å². The molecule has 0 saturated heterocycles. The fraction of sp³-hybridized carbons (Fsp3) is 0.500. The molecule has 2 heteroatoms. The van der Waals surface area contributed by atoms with Crippen LogP contribution in [0.2, 0.25) is 0 Å². The summed E-state index contributed by atoms with van der Waals surface area (Å²) in [5, 5.41) is 0. The molecule has 2 rings (SSSR count). The van der Waals surface area contributed by atoms with E-state index in [1.807, 2.05) is 6.07 Å². The highest BCUT2D eigenvalue weighted by Gasteiger charge is 2.22. The van der Waals surface area contributed by atoms with Crippen LogP contribution in [-0.2, 0) is 6.42 Å². The number of hydrogen-bond donors (Lipinski definition) is 0. The lowest BCUT2D eigenvalue weighted by molar-refractivity contribution is 0.297. The van der Waals surface area contributed by atoms with Gasteiger partial charge in [-0.2, -0.15) is 0 Å². The van der Waals surface area contributed by atoms with Crippen LogP contribution in [0.15, 0.2) is 22.7 Å². The van der Waals surface area contributed by atoms with Crippen LogP contribution >= 0.6 is 15.9 Å². The molecular formula is C12H15BrO. The average molecular weight is 255 g/mol. The van der Waals surface area contributed by atoms with Crippen LogP contribution in [0.4, 0.5) is 0 Å². The molecular weight excluding hydrogens is 240 g/mol. The number of benzene rings is 1. The van der Waals surface area contributed by atoms with Gasteiger partial charge in [-0.3, -0.25) is 0 Å². The third-order valence-electron chi connectivity index (χ3n) is 2.57. The molecule has 0 atom stereocenters. The lowest BCUT2D eigenvalue weighted by Crippen LogP contribution is -2.01. The Bertz CT molecular complexity index is 318. The largest absolute Gasteiger partial charge is 0.493 e. The van der Waals surface area contributed by atoms with Gasteiger partial charge in [0, 0.05) is 4.47 Å². The Morgan fingerprint density at radius 1 is 1.43 bits per heavy atom. The average Bonchev–Trinajstić information content (AvgIpc) is 2.99. The zero-order valence-electron chi connectivity index (χ0n) is 8.42. The topological polar surface area (TPSA) is 9.23 Å². The van der Waals surface area contributed by atoms with E-state index in [-0.39, 0.29) is 0 Å². The van der Waals surface area contributed by atoms with Crippen LogP contribution in [-0.4, -0.2) is 6.61 Å². The van der Waals surface area contributed by atoms with E-state index in [0.29, 0.717) is 0 Å². The minimum Gasteiger partial charge on any atom is -0.493 e. The van der Waals surface area contributed by atoms with Crippen molar-refractivity contribution in [3.05, 3.63) is 28.2 Å². The normalized spacial score (nSPS) is 15.6. The molecule has 76 valence electrons. The second-order valence-corrected chi connectivity index (χ2v) is 4.78. The molecule has 0 aliphatic heterocycles. The highest BCUT2D eigenvalue weighted by Crippen LogP contribution is 2.31. The predicted octanol–water partition coefficient (Wildman–Crippen LogP) is 3.80. The Balaban J connectivity index is 2.05. The number of halogens is 1. The summed E-state index contributed by atoms with van der Waals surface area (Å²) in [5.41, 5.74) is 1.29. The van der Waals surface area contributed by atoms with E-state index in [0.717, 1.165) is 29.2 Å². The van der Waals surface area contributed by atoms with Gasteiger partial charge < -0.3 is 4.74 Å². The maximum atomic E-state index is 5.79. The van der Waals surface area contributed by atoms with Crippen molar-refractivity contribution < 1.29 is 4.74 Å². The van der Waals surface area contributed by atoms with Gasteiger partial charge in [-0.1, -0.05) is 22.9 Å². The molecule has 1 aliphatic rings. The minimum atomic E-state index is 0.823. The molecule has 1 aromatic rings. The first kappa shape index (κ1) is 10.0. The number of aryl methyl sites for hydroxylation is 1. The highest BCUT2D eigenvalue weighted by atomic mass is 79.9. The second-order valence-electron chi connectivity index (χ2n) is 3.86. The Morgan fingerprint density at radius 2 is 2.21 bits per heavy atom. The molecule has 0 bridgehead atoms. The number of hydrogen-bond acceptors (Lipinski definition) is 1. The maximum absolute atomic E-state index is 5.79. The Kier molecular flexibility index (Phi) is 3.12. The quantitative estimate of drug-likeness (QED) is 0.795. The third kappa shape index (κ3) is 2.50. The fourth-order valence-corrected chi connectivity index (χ4v) is 1.87. The van der Waals surface area contributed by atoms with Gasteiger partial charge in [-0.15, -0.1) is 0 Å². The summed E-state index contributed by atoms with van der Waals surface area (Å²) in [7, 11) is 0. The molecule has 1 fully saturated rings. The van der Waals surface area contributed by atoms with Crippen molar-refractivity contribution in [2.24, 2.45) is 5.92 Å². The van der Waals surface area contributed by atoms with Crippen molar-refractivity contribution in [3.63, 3.8) is 0 Å². The minimum absolute atomic E-state index is 0.823. The van der Waals surface area contributed by atoms with Gasteiger partial charge in [-0.25, -0.2) is 0 Å². The van der Waals surface area contributed by atoms with Crippen molar-refractivity contribution in [2.75, 3.05) is 6.61 Å². The number of rotatable bonds is 4. The smallest absolute Gasteiger partial charge is 0.122 e. The van der Waals surface area contributed by atoms with Gasteiger partial charge in [0.1, 0.15) is 5.75 Å². The van der Waals surface area contributed by atoms with Gasteiger partial charge in [0.25, 0.3) is 0 Å². The summed E-state index contributed by atoms with van der Waals surface area (Å²) in [4.78, 5) is 0. The summed E-state index contributed by atoms with van der Waals surface area (Å²) in [5.74, 6) is 1.88. The fourth-order valence-electron chi connectivity index (χ4n) is 1.46. The molecule has 0 heterocycles. The molecule has 0 N–H and O–H groups in total. The van der Waals surface area contributed by atoms with Crippen LogP contribution in [0.5, 0.6) is 5.75 Å². The first-order valence-corrected chi connectivity index (χ1v) is 6.00.